The van der Waals surface area contributed by atoms with Crippen LogP contribution in [0.5, 0.6) is 0 Å². The molecule has 1 unspecified atom stereocenters. The standard InChI is InChI=1S/C32H27N/c1-23-29(25-15-7-3-8-16-25)24(2)33-32(28-21-13-6-14-22-28)31(27-19-11-5-12-20-27)30(23)26-17-9-4-10-18-26/h3-22,31H,1-2H3. The summed E-state index contributed by atoms with van der Waals surface area (Å²) in [7, 11) is 0. The number of aliphatic imine (C=N–C) groups is 1. The molecule has 1 heteroatoms. The summed E-state index contributed by atoms with van der Waals surface area (Å²) in [5.74, 6) is 0.0205. The Morgan fingerprint density at radius 2 is 0.970 bits per heavy atom. The van der Waals surface area contributed by atoms with Crippen molar-refractivity contribution in [2.45, 2.75) is 19.8 Å². The van der Waals surface area contributed by atoms with Gasteiger partial charge in [-0.15, -0.1) is 0 Å². The molecular weight excluding hydrogens is 398 g/mol. The van der Waals surface area contributed by atoms with E-state index >= 15 is 0 Å². The average Bonchev–Trinajstić information content (AvgIpc) is 2.99. The first kappa shape index (κ1) is 20.9. The molecule has 0 spiro atoms. The fourth-order valence-corrected chi connectivity index (χ4v) is 4.90. The molecule has 160 valence electrons. The molecule has 1 aliphatic rings. The van der Waals surface area contributed by atoms with Gasteiger partial charge in [-0.2, -0.15) is 0 Å². The fraction of sp³-hybridized carbons (Fsp3) is 0.0938. The van der Waals surface area contributed by atoms with Crippen LogP contribution >= 0.6 is 0 Å². The monoisotopic (exact) mass is 425 g/mol. The predicted molar refractivity (Wildman–Crippen MR) is 140 cm³/mol. The van der Waals surface area contributed by atoms with Gasteiger partial charge < -0.3 is 0 Å². The zero-order chi connectivity index (χ0) is 22.6. The first-order valence-corrected chi connectivity index (χ1v) is 11.5. The van der Waals surface area contributed by atoms with Crippen LogP contribution in [0.25, 0.3) is 11.1 Å². The van der Waals surface area contributed by atoms with Gasteiger partial charge in [0, 0.05) is 11.3 Å². The van der Waals surface area contributed by atoms with Crippen LogP contribution in [0.15, 0.2) is 138 Å². The van der Waals surface area contributed by atoms with E-state index < -0.39 is 0 Å². The molecule has 0 saturated carbocycles. The Hall–Kier alpha value is -3.97. The molecule has 4 aromatic rings. The summed E-state index contributed by atoms with van der Waals surface area (Å²) < 4.78 is 0. The zero-order valence-corrected chi connectivity index (χ0v) is 19.1. The van der Waals surface area contributed by atoms with E-state index in [1.54, 1.807) is 0 Å². The molecule has 1 nitrogen and oxygen atoms in total. The third kappa shape index (κ3) is 4.10. The normalized spacial score (nSPS) is 16.4. The maximum atomic E-state index is 5.34. The SMILES string of the molecule is CC1=C(c2ccccc2)C(C)=C(c2ccccc2)C(c2ccccc2)C(c2ccccc2)=N1. The Bertz CT molecular complexity index is 1330. The Balaban J connectivity index is 1.88. The number of rotatable bonds is 4. The summed E-state index contributed by atoms with van der Waals surface area (Å²) in [5, 5.41) is 0. The van der Waals surface area contributed by atoms with Crippen molar-refractivity contribution in [3.63, 3.8) is 0 Å². The predicted octanol–water partition coefficient (Wildman–Crippen LogP) is 8.18. The molecule has 0 aromatic heterocycles. The van der Waals surface area contributed by atoms with Crippen LogP contribution < -0.4 is 0 Å². The first-order chi connectivity index (χ1) is 16.2. The highest BCUT2D eigenvalue weighted by molar-refractivity contribution is 6.15. The lowest BCUT2D eigenvalue weighted by Gasteiger charge is -2.25. The van der Waals surface area contributed by atoms with Crippen LogP contribution in [-0.4, -0.2) is 5.71 Å². The molecule has 5 rings (SSSR count). The molecule has 1 aliphatic heterocycles. The zero-order valence-electron chi connectivity index (χ0n) is 19.1. The van der Waals surface area contributed by atoms with Crippen LogP contribution in [0.3, 0.4) is 0 Å². The van der Waals surface area contributed by atoms with E-state index in [1.807, 2.05) is 0 Å². The molecule has 0 saturated heterocycles. The van der Waals surface area contributed by atoms with E-state index in [1.165, 1.54) is 33.4 Å². The van der Waals surface area contributed by atoms with Crippen molar-refractivity contribution < 1.29 is 0 Å². The van der Waals surface area contributed by atoms with Crippen LogP contribution in [0.4, 0.5) is 0 Å². The molecule has 0 aliphatic carbocycles. The maximum absolute atomic E-state index is 5.34. The molecule has 0 bridgehead atoms. The molecule has 1 atom stereocenters. The molecular formula is C32H27N. The minimum atomic E-state index is 0.0205. The van der Waals surface area contributed by atoms with E-state index in [4.69, 9.17) is 4.99 Å². The van der Waals surface area contributed by atoms with Crippen LogP contribution in [0.1, 0.15) is 42.0 Å². The number of hydrogen-bond acceptors (Lipinski definition) is 1. The summed E-state index contributed by atoms with van der Waals surface area (Å²) >= 11 is 0. The number of benzene rings is 4. The maximum Gasteiger partial charge on any atom is 0.0598 e. The van der Waals surface area contributed by atoms with Gasteiger partial charge in [-0.1, -0.05) is 121 Å². The number of nitrogens with zero attached hydrogens (tertiary/aromatic N) is 1. The molecule has 4 aromatic carbocycles. The lowest BCUT2D eigenvalue weighted by molar-refractivity contribution is 1.13. The van der Waals surface area contributed by atoms with Gasteiger partial charge in [0.15, 0.2) is 0 Å². The first-order valence-electron chi connectivity index (χ1n) is 11.5. The highest BCUT2D eigenvalue weighted by Crippen LogP contribution is 2.44. The Morgan fingerprint density at radius 3 is 1.52 bits per heavy atom. The van der Waals surface area contributed by atoms with Crippen LogP contribution in [0, 0.1) is 0 Å². The van der Waals surface area contributed by atoms with Gasteiger partial charge in [0.25, 0.3) is 0 Å². The molecule has 33 heavy (non-hydrogen) atoms. The number of allylic oxidation sites excluding steroid dienone is 4. The van der Waals surface area contributed by atoms with E-state index in [-0.39, 0.29) is 5.92 Å². The van der Waals surface area contributed by atoms with Crippen molar-refractivity contribution >= 4 is 16.9 Å². The molecule has 1 heterocycles. The van der Waals surface area contributed by atoms with E-state index in [0.29, 0.717) is 0 Å². The summed E-state index contributed by atoms with van der Waals surface area (Å²) in [4.78, 5) is 5.34. The van der Waals surface area contributed by atoms with E-state index in [0.717, 1.165) is 17.0 Å². The van der Waals surface area contributed by atoms with Crippen molar-refractivity contribution in [1.82, 2.24) is 0 Å². The van der Waals surface area contributed by atoms with Crippen molar-refractivity contribution in [2.75, 3.05) is 0 Å². The molecule has 0 N–H and O–H groups in total. The van der Waals surface area contributed by atoms with E-state index in [2.05, 4.69) is 135 Å². The lowest BCUT2D eigenvalue weighted by atomic mass is 9.77. The quantitative estimate of drug-likeness (QED) is 0.313. The number of hydrogen-bond donors (Lipinski definition) is 0. The minimum Gasteiger partial charge on any atom is -0.256 e. The Labute approximate surface area is 196 Å². The Kier molecular flexibility index (Phi) is 5.87. The van der Waals surface area contributed by atoms with Crippen LogP contribution in [0.2, 0.25) is 0 Å². The highest BCUT2D eigenvalue weighted by Gasteiger charge is 2.30. The van der Waals surface area contributed by atoms with Gasteiger partial charge in [0.1, 0.15) is 0 Å². The highest BCUT2D eigenvalue weighted by atomic mass is 14.8. The second-order valence-corrected chi connectivity index (χ2v) is 8.44. The summed E-state index contributed by atoms with van der Waals surface area (Å²) in [6, 6.07) is 42.8. The van der Waals surface area contributed by atoms with Gasteiger partial charge >= 0.3 is 0 Å². The third-order valence-corrected chi connectivity index (χ3v) is 6.34. The van der Waals surface area contributed by atoms with Crippen molar-refractivity contribution in [1.29, 1.82) is 0 Å². The minimum absolute atomic E-state index is 0.0205. The van der Waals surface area contributed by atoms with Crippen molar-refractivity contribution in [3.05, 3.63) is 155 Å². The average molecular weight is 426 g/mol. The second kappa shape index (κ2) is 9.26. The third-order valence-electron chi connectivity index (χ3n) is 6.34. The summed E-state index contributed by atoms with van der Waals surface area (Å²) in [6.45, 7) is 4.40. The van der Waals surface area contributed by atoms with Crippen molar-refractivity contribution in [2.24, 2.45) is 4.99 Å². The smallest absolute Gasteiger partial charge is 0.0598 e. The molecule has 0 radical (unpaired) electrons. The second-order valence-electron chi connectivity index (χ2n) is 8.44. The molecule has 0 fully saturated rings. The van der Waals surface area contributed by atoms with Crippen molar-refractivity contribution in [3.8, 4) is 0 Å². The largest absolute Gasteiger partial charge is 0.256 e. The van der Waals surface area contributed by atoms with Gasteiger partial charge in [0.2, 0.25) is 0 Å². The summed E-state index contributed by atoms with van der Waals surface area (Å²) in [5.41, 5.74) is 10.8. The van der Waals surface area contributed by atoms with Gasteiger partial charge in [-0.05, 0) is 47.2 Å². The van der Waals surface area contributed by atoms with E-state index in [9.17, 15) is 0 Å². The lowest BCUT2D eigenvalue weighted by Crippen LogP contribution is -2.16. The van der Waals surface area contributed by atoms with Gasteiger partial charge in [-0.3, -0.25) is 4.99 Å². The van der Waals surface area contributed by atoms with Gasteiger partial charge in [-0.25, -0.2) is 0 Å². The fourth-order valence-electron chi connectivity index (χ4n) is 4.90. The van der Waals surface area contributed by atoms with Gasteiger partial charge in [0.05, 0.1) is 11.6 Å². The Morgan fingerprint density at radius 1 is 0.515 bits per heavy atom. The topological polar surface area (TPSA) is 12.4 Å². The summed E-state index contributed by atoms with van der Waals surface area (Å²) in [6.07, 6.45) is 0. The van der Waals surface area contributed by atoms with Crippen LogP contribution in [-0.2, 0) is 0 Å². The molecule has 0 amide bonds.